The first-order valence-electron chi connectivity index (χ1n) is 28.7. The molecule has 42 nitrogen and oxygen atoms in total. The Balaban J connectivity index is 0.835. The summed E-state index contributed by atoms with van der Waals surface area (Å²) in [6, 6.07) is 0. The Kier molecular flexibility index (Phi) is 23.5. The van der Waals surface area contributed by atoms with Crippen LogP contribution in [0.5, 0.6) is 0 Å². The Morgan fingerprint density at radius 3 is 0.698 bits per heavy atom. The van der Waals surface area contributed by atoms with Gasteiger partial charge >= 0.3 is 70.4 Å². The topological polar surface area (TPSA) is 579 Å². The number of ether oxygens (including phenoxy) is 7. The molecule has 7 fully saturated rings. The van der Waals surface area contributed by atoms with Gasteiger partial charge in [0.15, 0.2) is 0 Å². The van der Waals surface area contributed by atoms with Crippen LogP contribution < -0.4 is 0 Å². The first-order chi connectivity index (χ1) is 42.7. The third-order valence-electron chi connectivity index (χ3n) is 12.0. The minimum Gasteiger partial charge on any atom is -0.390 e. The van der Waals surface area contributed by atoms with Crippen LogP contribution in [-0.2, 0) is 142 Å². The quantitative estimate of drug-likeness (QED) is 0.0390. The molecule has 86 heavy (non-hydrogen) atoms. The lowest BCUT2D eigenvalue weighted by Gasteiger charge is -2.26. The van der Waals surface area contributed by atoms with Gasteiger partial charge in [-0.25, -0.2) is 41.1 Å². The highest BCUT2D eigenvalue weighted by Gasteiger charge is 2.48. The smallest absolute Gasteiger partial charge is 0.390 e. The second-order valence-electron chi connectivity index (χ2n) is 18.4. The highest BCUT2D eigenvalue weighted by Crippen LogP contribution is 2.66. The molecule has 0 aromatic heterocycles. The molecule has 0 aromatic rings. The standard InChI is InChI=1S/C35H67O42P9/c36-22-1-8-56-29(22)15-63-79(40,41)70-23-2-9-57-30(23)16-64-80(42,43)71-24-3-10-58-31(24)17-65-81(44,45)72-25-4-11-59-32(25)18-66-82(46,47)73-26-5-12-60-33(26)19-67-83(48,49)74-27-6-13-61-34(27)20-68-84(50,51)75-28-7-14-62-35(28)21-69-85(52,53)77-86(54,55)76-78(37,38)39/h22-36H,1-21H2,(H,40,41)(H,42,43)(H,44,45)(H,46,47)(H,48,49)(H,50,51)(H,52,53)(H,54,55)(H2,37,38,39)/t22?,23?,24?,25?,26?,27?,28?,29-,30-,31-,32-,33-,34-,35-/m1/s1/i8T,9T,10T,11T,12T,13T,14T/t8-,9-,10-,11-,12-,13-,14-,22?,23?,24?,25?,26?,27?,28?,29+,30+,31+,32+,33+,34+,35+/m0. The molecule has 0 aromatic carbocycles. The molecule has 11 N–H and O–H groups in total. The maximum absolute atomic E-state index is 13.3. The van der Waals surface area contributed by atoms with Crippen molar-refractivity contribution in [2.24, 2.45) is 0 Å². The Bertz CT molecular complexity index is 2950. The first kappa shape index (κ1) is 64.1. The molecule has 0 spiro atoms. The number of phosphoric acid groups is 9. The summed E-state index contributed by atoms with van der Waals surface area (Å²) in [7, 11) is -48.8. The van der Waals surface area contributed by atoms with Crippen molar-refractivity contribution in [1.82, 2.24) is 0 Å². The third kappa shape index (κ3) is 24.8. The Morgan fingerprint density at radius 2 is 0.488 bits per heavy atom. The summed E-state index contributed by atoms with van der Waals surface area (Å²) in [6.07, 6.45) is -24.3. The molecule has 15 unspecified atom stereocenters. The fourth-order valence-electron chi connectivity index (χ4n) is 7.98. The van der Waals surface area contributed by atoms with Crippen molar-refractivity contribution in [3.8, 4) is 0 Å². The minimum atomic E-state index is -5.94. The molecule has 7 rings (SSSR count). The lowest BCUT2D eigenvalue weighted by Crippen LogP contribution is -2.32. The molecule has 504 valence electrons. The van der Waals surface area contributed by atoms with E-state index in [1.807, 2.05) is 0 Å². The van der Waals surface area contributed by atoms with Crippen LogP contribution in [-0.4, -0.2) is 232 Å². The fraction of sp³-hybridized carbons (Fsp3) is 1.00. The second-order valence-corrected chi connectivity index (χ2v) is 31.3. The van der Waals surface area contributed by atoms with Gasteiger partial charge in [0.1, 0.15) is 79.4 Å². The van der Waals surface area contributed by atoms with Crippen molar-refractivity contribution in [2.75, 3.05) is 92.3 Å². The van der Waals surface area contributed by atoms with Gasteiger partial charge in [-0.3, -0.25) is 58.8 Å². The van der Waals surface area contributed by atoms with Crippen LogP contribution >= 0.6 is 70.4 Å². The normalized spacial score (nSPS) is 43.8. The maximum atomic E-state index is 13.3. The van der Waals surface area contributed by atoms with E-state index in [0.29, 0.717) is 0 Å². The van der Waals surface area contributed by atoms with Gasteiger partial charge in [0.2, 0.25) is 0 Å². The molecule has 51 heteroatoms. The zero-order chi connectivity index (χ0) is 69.1. The van der Waals surface area contributed by atoms with E-state index in [0.717, 1.165) is 0 Å². The van der Waals surface area contributed by atoms with E-state index in [9.17, 15) is 85.3 Å². The van der Waals surface area contributed by atoms with Crippen molar-refractivity contribution in [2.45, 2.75) is 130 Å². The molecule has 0 amide bonds. The fourth-order valence-corrected chi connectivity index (χ4v) is 16.8. The van der Waals surface area contributed by atoms with E-state index in [1.165, 1.54) is 0 Å². The molecular weight excluding hydrogens is 1370 g/mol. The van der Waals surface area contributed by atoms with Crippen molar-refractivity contribution < 1.29 is 205 Å². The van der Waals surface area contributed by atoms with Crippen LogP contribution in [0.25, 0.3) is 0 Å². The Hall–Kier alpha value is 0.750. The van der Waals surface area contributed by atoms with Gasteiger partial charge in [-0.1, -0.05) is 0 Å². The van der Waals surface area contributed by atoms with Crippen LogP contribution in [0.2, 0.25) is 0 Å². The lowest BCUT2D eigenvalue weighted by molar-refractivity contribution is -0.0327. The van der Waals surface area contributed by atoms with E-state index < -0.39 is 280 Å². The van der Waals surface area contributed by atoms with E-state index >= 15 is 0 Å². The van der Waals surface area contributed by atoms with E-state index in [4.69, 9.17) is 107 Å². The van der Waals surface area contributed by atoms with E-state index in [-0.39, 0.29) is 12.8 Å². The lowest BCUT2D eigenvalue weighted by atomic mass is 10.2. The van der Waals surface area contributed by atoms with Gasteiger partial charge in [-0.2, -0.15) is 8.62 Å². The van der Waals surface area contributed by atoms with Gasteiger partial charge in [0, 0.05) is 84.6 Å². The predicted molar refractivity (Wildman–Crippen MR) is 270 cm³/mol. The molecule has 7 aliphatic heterocycles. The number of aliphatic hydroxyl groups excluding tert-OH is 1. The summed E-state index contributed by atoms with van der Waals surface area (Å²) in [5.41, 5.74) is 0. The summed E-state index contributed by atoms with van der Waals surface area (Å²) in [5, 5.41) is 9.93. The number of rotatable bonds is 37. The van der Waals surface area contributed by atoms with Crippen molar-refractivity contribution in [1.29, 1.82) is 0 Å². The van der Waals surface area contributed by atoms with Gasteiger partial charge in [0.05, 0.1) is 61.9 Å². The van der Waals surface area contributed by atoms with Gasteiger partial charge in [-0.15, -0.1) is 0 Å². The van der Waals surface area contributed by atoms with Crippen LogP contribution in [0, 0.1) is 0 Å². The summed E-state index contributed by atoms with van der Waals surface area (Å²) >= 11 is 0. The maximum Gasteiger partial charge on any atom is 0.490 e. The second kappa shape index (κ2) is 31.5. The summed E-state index contributed by atoms with van der Waals surface area (Å²) in [6.45, 7) is -16.8. The Labute approximate surface area is 497 Å². The number of phosphoric ester groups is 7. The monoisotopic (exact) mass is 1450 g/mol. The van der Waals surface area contributed by atoms with Crippen molar-refractivity contribution in [3.05, 3.63) is 0 Å². The van der Waals surface area contributed by atoms with E-state index in [1.54, 1.807) is 0 Å². The van der Waals surface area contributed by atoms with Crippen molar-refractivity contribution >= 4 is 70.4 Å². The van der Waals surface area contributed by atoms with Gasteiger partial charge in [-0.05, 0) is 6.42 Å². The van der Waals surface area contributed by atoms with Crippen LogP contribution in [0.4, 0.5) is 0 Å². The average molecular weight is 1450 g/mol. The highest BCUT2D eigenvalue weighted by molar-refractivity contribution is 7.66. The molecule has 0 radical (unpaired) electrons. The Morgan fingerprint density at radius 1 is 0.291 bits per heavy atom. The van der Waals surface area contributed by atoms with Crippen LogP contribution in [0.15, 0.2) is 0 Å². The molecule has 0 saturated carbocycles. The van der Waals surface area contributed by atoms with E-state index in [2.05, 4.69) is 13.1 Å². The summed E-state index contributed by atoms with van der Waals surface area (Å²) in [4.78, 5) is 99.9. The minimum absolute atomic E-state index is 0.0835. The number of hydrogen-bond acceptors (Lipinski definition) is 32. The number of aliphatic hydroxyl groups is 1. The predicted octanol–water partition coefficient (Wildman–Crippen LogP) is 1.23. The molecule has 29 atom stereocenters. The zero-order valence-electron chi connectivity index (χ0n) is 50.6. The molecule has 7 aliphatic rings. The molecule has 0 bridgehead atoms. The molecular formula is C35H67O42P9. The summed E-state index contributed by atoms with van der Waals surface area (Å²) in [5.74, 6) is 0. The first-order valence-corrected chi connectivity index (χ1v) is 38.1. The molecule has 0 aliphatic carbocycles. The molecule has 7 saturated heterocycles. The van der Waals surface area contributed by atoms with Crippen molar-refractivity contribution in [3.63, 3.8) is 0 Å². The molecule has 7 heterocycles. The van der Waals surface area contributed by atoms with Crippen LogP contribution in [0.3, 0.4) is 0 Å². The third-order valence-corrected chi connectivity index (χ3v) is 21.8. The van der Waals surface area contributed by atoms with Crippen LogP contribution in [0.1, 0.15) is 54.5 Å². The van der Waals surface area contributed by atoms with Gasteiger partial charge < -0.3 is 87.2 Å². The average Bonchev–Trinajstić information content (AvgIpc) is 1.79. The largest absolute Gasteiger partial charge is 0.490 e. The zero-order valence-corrected chi connectivity index (χ0v) is 51.7. The SMILES string of the molecule is [3H][C@H]1CC(O)[C@@H](COP(=O)(O)OC2C[C@H]([3H])O[C@@H]2COP(=O)(O)OC2C[C@H]([3H])O[C@@H]2COP(=O)(O)OC2C[C@H]([3H])O[C@@H]2COP(=O)(O)OC2C[C@H]([3H])O[C@@H]2COP(=O)(O)OC2C[C@H]([3H])O[C@@H]2COP(=O)(O)OC2C[C@H]([3H])O[C@@H]2COP(=O)(O)OP(=O)(O)OP(=O)(O)O)O1. The number of hydrogen-bond donors (Lipinski definition) is 11. The van der Waals surface area contributed by atoms with Gasteiger partial charge in [0.25, 0.3) is 0 Å². The summed E-state index contributed by atoms with van der Waals surface area (Å²) < 4.78 is 277. The highest BCUT2D eigenvalue weighted by atomic mass is 31.3.